The van der Waals surface area contributed by atoms with E-state index < -0.39 is 0 Å². The Morgan fingerprint density at radius 1 is 1.24 bits per heavy atom. The predicted octanol–water partition coefficient (Wildman–Crippen LogP) is 2.86. The monoisotopic (exact) mass is 231 g/mol. The SMILES string of the molecule is C(=C\c1ccccc1)/COCC1CCCCN1. The number of hydrogen-bond acceptors (Lipinski definition) is 2. The van der Waals surface area contributed by atoms with Crippen molar-refractivity contribution in [1.29, 1.82) is 0 Å². The van der Waals surface area contributed by atoms with E-state index in [1.54, 1.807) is 0 Å². The van der Waals surface area contributed by atoms with Crippen molar-refractivity contribution in [2.45, 2.75) is 25.3 Å². The van der Waals surface area contributed by atoms with Gasteiger partial charge in [0.25, 0.3) is 0 Å². The maximum atomic E-state index is 5.65. The minimum atomic E-state index is 0.564. The van der Waals surface area contributed by atoms with Crippen molar-refractivity contribution < 1.29 is 4.74 Å². The van der Waals surface area contributed by atoms with E-state index in [9.17, 15) is 0 Å². The van der Waals surface area contributed by atoms with Crippen molar-refractivity contribution in [3.63, 3.8) is 0 Å². The molecule has 0 amide bonds. The summed E-state index contributed by atoms with van der Waals surface area (Å²) in [4.78, 5) is 0. The second-order valence-corrected chi connectivity index (χ2v) is 4.50. The average molecular weight is 231 g/mol. The largest absolute Gasteiger partial charge is 0.376 e. The van der Waals surface area contributed by atoms with E-state index in [1.807, 2.05) is 18.2 Å². The molecule has 17 heavy (non-hydrogen) atoms. The number of piperidine rings is 1. The van der Waals surface area contributed by atoms with Gasteiger partial charge in [-0.3, -0.25) is 0 Å². The lowest BCUT2D eigenvalue weighted by atomic mass is 10.1. The zero-order valence-electron chi connectivity index (χ0n) is 10.3. The molecule has 1 atom stereocenters. The lowest BCUT2D eigenvalue weighted by molar-refractivity contribution is 0.126. The van der Waals surface area contributed by atoms with Crippen LogP contribution >= 0.6 is 0 Å². The van der Waals surface area contributed by atoms with Gasteiger partial charge < -0.3 is 10.1 Å². The molecule has 2 rings (SSSR count). The highest BCUT2D eigenvalue weighted by Crippen LogP contribution is 2.07. The molecule has 2 heteroatoms. The van der Waals surface area contributed by atoms with E-state index in [0.29, 0.717) is 12.6 Å². The topological polar surface area (TPSA) is 21.3 Å². The Balaban J connectivity index is 1.61. The van der Waals surface area contributed by atoms with Crippen LogP contribution in [0.4, 0.5) is 0 Å². The molecular weight excluding hydrogens is 210 g/mol. The number of ether oxygens (including phenoxy) is 1. The fraction of sp³-hybridized carbons (Fsp3) is 0.467. The van der Waals surface area contributed by atoms with Crippen LogP contribution in [0.3, 0.4) is 0 Å². The Bertz CT molecular complexity index is 328. The van der Waals surface area contributed by atoms with Crippen LogP contribution in [0, 0.1) is 0 Å². The second kappa shape index (κ2) is 7.25. The summed E-state index contributed by atoms with van der Waals surface area (Å²) in [5.74, 6) is 0. The molecule has 1 fully saturated rings. The van der Waals surface area contributed by atoms with E-state index in [-0.39, 0.29) is 0 Å². The van der Waals surface area contributed by atoms with Crippen molar-refractivity contribution in [1.82, 2.24) is 5.32 Å². The van der Waals surface area contributed by atoms with Crippen molar-refractivity contribution in [2.75, 3.05) is 19.8 Å². The summed E-state index contributed by atoms with van der Waals surface area (Å²) in [6, 6.07) is 10.9. The molecular formula is C15H21NO. The minimum Gasteiger partial charge on any atom is -0.376 e. The molecule has 0 aliphatic carbocycles. The maximum absolute atomic E-state index is 5.65. The van der Waals surface area contributed by atoms with Gasteiger partial charge in [0, 0.05) is 6.04 Å². The molecule has 0 spiro atoms. The summed E-state index contributed by atoms with van der Waals surface area (Å²) in [5.41, 5.74) is 1.23. The quantitative estimate of drug-likeness (QED) is 0.787. The van der Waals surface area contributed by atoms with Gasteiger partial charge >= 0.3 is 0 Å². The highest BCUT2D eigenvalue weighted by molar-refractivity contribution is 5.48. The van der Waals surface area contributed by atoms with E-state index in [0.717, 1.165) is 13.2 Å². The molecule has 1 saturated heterocycles. The highest BCUT2D eigenvalue weighted by Gasteiger charge is 2.11. The second-order valence-electron chi connectivity index (χ2n) is 4.50. The number of rotatable bonds is 5. The summed E-state index contributed by atoms with van der Waals surface area (Å²) in [6.45, 7) is 2.68. The normalized spacial score (nSPS) is 20.8. The number of nitrogens with one attached hydrogen (secondary N) is 1. The van der Waals surface area contributed by atoms with Gasteiger partial charge in [-0.15, -0.1) is 0 Å². The first-order valence-corrected chi connectivity index (χ1v) is 6.48. The van der Waals surface area contributed by atoms with Gasteiger partial charge in [-0.25, -0.2) is 0 Å². The van der Waals surface area contributed by atoms with Gasteiger partial charge in [0.15, 0.2) is 0 Å². The first-order chi connectivity index (χ1) is 8.45. The van der Waals surface area contributed by atoms with Crippen molar-refractivity contribution in [3.8, 4) is 0 Å². The van der Waals surface area contributed by atoms with Crippen molar-refractivity contribution in [2.24, 2.45) is 0 Å². The Hall–Kier alpha value is -1.12. The van der Waals surface area contributed by atoms with E-state index in [2.05, 4.69) is 29.6 Å². The van der Waals surface area contributed by atoms with Crippen LogP contribution in [0.5, 0.6) is 0 Å². The highest BCUT2D eigenvalue weighted by atomic mass is 16.5. The van der Waals surface area contributed by atoms with Gasteiger partial charge in [-0.05, 0) is 24.9 Å². The summed E-state index contributed by atoms with van der Waals surface area (Å²) >= 11 is 0. The van der Waals surface area contributed by atoms with Crippen LogP contribution in [-0.4, -0.2) is 25.8 Å². The molecule has 1 aromatic rings. The molecule has 0 saturated carbocycles. The molecule has 92 valence electrons. The van der Waals surface area contributed by atoms with Gasteiger partial charge in [0.05, 0.1) is 13.2 Å². The fourth-order valence-corrected chi connectivity index (χ4v) is 2.09. The third-order valence-electron chi connectivity index (χ3n) is 3.06. The fourth-order valence-electron chi connectivity index (χ4n) is 2.09. The van der Waals surface area contributed by atoms with Crippen LogP contribution < -0.4 is 5.32 Å². The Morgan fingerprint density at radius 3 is 2.88 bits per heavy atom. The first-order valence-electron chi connectivity index (χ1n) is 6.48. The van der Waals surface area contributed by atoms with Crippen LogP contribution in [0.15, 0.2) is 36.4 Å². The molecule has 1 unspecified atom stereocenters. The minimum absolute atomic E-state index is 0.564. The smallest absolute Gasteiger partial charge is 0.0651 e. The Kier molecular flexibility index (Phi) is 5.27. The van der Waals surface area contributed by atoms with Gasteiger partial charge in [-0.1, -0.05) is 48.9 Å². The zero-order valence-corrected chi connectivity index (χ0v) is 10.3. The maximum Gasteiger partial charge on any atom is 0.0651 e. The first kappa shape index (κ1) is 12.3. The van der Waals surface area contributed by atoms with E-state index in [1.165, 1.54) is 24.8 Å². The van der Waals surface area contributed by atoms with Gasteiger partial charge in [-0.2, -0.15) is 0 Å². The summed E-state index contributed by atoms with van der Waals surface area (Å²) < 4.78 is 5.65. The molecule has 1 heterocycles. The molecule has 1 aliphatic heterocycles. The van der Waals surface area contributed by atoms with E-state index >= 15 is 0 Å². The third-order valence-corrected chi connectivity index (χ3v) is 3.06. The zero-order chi connectivity index (χ0) is 11.8. The summed E-state index contributed by atoms with van der Waals surface area (Å²) in [5, 5.41) is 3.48. The van der Waals surface area contributed by atoms with Gasteiger partial charge in [0.1, 0.15) is 0 Å². The lowest BCUT2D eigenvalue weighted by Gasteiger charge is -2.22. The summed E-state index contributed by atoms with van der Waals surface area (Å²) in [7, 11) is 0. The van der Waals surface area contributed by atoms with Crippen LogP contribution in [0.25, 0.3) is 6.08 Å². The molecule has 2 nitrogen and oxygen atoms in total. The number of hydrogen-bond donors (Lipinski definition) is 1. The molecule has 1 aromatic carbocycles. The molecule has 0 aromatic heterocycles. The van der Waals surface area contributed by atoms with Crippen LogP contribution in [-0.2, 0) is 4.74 Å². The number of benzene rings is 1. The van der Waals surface area contributed by atoms with Gasteiger partial charge in [0.2, 0.25) is 0 Å². The Labute approximate surface area is 104 Å². The molecule has 1 N–H and O–H groups in total. The third kappa shape index (κ3) is 4.72. The Morgan fingerprint density at radius 2 is 2.12 bits per heavy atom. The standard InChI is InChI=1S/C15H21NO/c1-2-7-14(8-3-1)9-6-12-17-13-15-10-4-5-11-16-15/h1-3,6-9,15-16H,4-5,10-13H2/b9-6+. The predicted molar refractivity (Wildman–Crippen MR) is 71.9 cm³/mol. The molecule has 0 bridgehead atoms. The van der Waals surface area contributed by atoms with Crippen molar-refractivity contribution >= 4 is 6.08 Å². The average Bonchev–Trinajstić information content (AvgIpc) is 2.41. The van der Waals surface area contributed by atoms with Crippen LogP contribution in [0.1, 0.15) is 24.8 Å². The van der Waals surface area contributed by atoms with Crippen LogP contribution in [0.2, 0.25) is 0 Å². The lowest BCUT2D eigenvalue weighted by Crippen LogP contribution is -2.37. The molecule has 1 aliphatic rings. The van der Waals surface area contributed by atoms with Crippen molar-refractivity contribution in [3.05, 3.63) is 42.0 Å². The van der Waals surface area contributed by atoms with E-state index in [4.69, 9.17) is 4.74 Å². The summed E-state index contributed by atoms with van der Waals surface area (Å²) in [6.07, 6.45) is 8.08. The molecule has 0 radical (unpaired) electrons.